The number of hydrogen-bond acceptors (Lipinski definition) is 6. The minimum atomic E-state index is 0.251. The van der Waals surface area contributed by atoms with E-state index in [0.29, 0.717) is 6.04 Å². The van der Waals surface area contributed by atoms with Crippen molar-refractivity contribution in [1.29, 1.82) is 0 Å². The Morgan fingerprint density at radius 3 is 2.64 bits per heavy atom. The lowest BCUT2D eigenvalue weighted by molar-refractivity contribution is 0.0304. The van der Waals surface area contributed by atoms with Crippen molar-refractivity contribution in [2.45, 2.75) is 31.5 Å². The van der Waals surface area contributed by atoms with Crippen LogP contribution in [0.2, 0.25) is 0 Å². The Bertz CT molecular complexity index is 649. The molecule has 0 unspecified atom stereocenters. The van der Waals surface area contributed by atoms with Crippen LogP contribution in [0.3, 0.4) is 0 Å². The number of fused-ring (bicyclic) bond motifs is 1. The van der Waals surface area contributed by atoms with Gasteiger partial charge in [-0.25, -0.2) is 4.98 Å². The molecule has 0 amide bonds. The molecule has 1 N–H and O–H groups in total. The minimum Gasteiger partial charge on any atom is -0.379 e. The van der Waals surface area contributed by atoms with Gasteiger partial charge in [0.25, 0.3) is 0 Å². The van der Waals surface area contributed by atoms with Gasteiger partial charge in [0.05, 0.1) is 12.1 Å². The van der Waals surface area contributed by atoms with Gasteiger partial charge >= 0.3 is 0 Å². The van der Waals surface area contributed by atoms with Crippen LogP contribution < -0.4 is 5.32 Å². The van der Waals surface area contributed by atoms with Gasteiger partial charge in [0.15, 0.2) is 0 Å². The average molecular weight is 342 g/mol. The summed E-state index contributed by atoms with van der Waals surface area (Å²) >= 11 is 0. The molecule has 25 heavy (non-hydrogen) atoms. The van der Waals surface area contributed by atoms with Gasteiger partial charge in [-0.2, -0.15) is 0 Å². The topological polar surface area (TPSA) is 68.1 Å². The predicted octanol–water partition coefficient (Wildman–Crippen LogP) is 1.51. The lowest BCUT2D eigenvalue weighted by Crippen LogP contribution is -2.44. The molecule has 3 heterocycles. The third kappa shape index (κ3) is 3.82. The van der Waals surface area contributed by atoms with Crippen molar-refractivity contribution in [3.8, 4) is 0 Å². The van der Waals surface area contributed by atoms with Gasteiger partial charge in [0, 0.05) is 39.5 Å². The van der Waals surface area contributed by atoms with Gasteiger partial charge in [0.1, 0.15) is 18.5 Å². The number of nitrogens with one attached hydrogen (secondary N) is 1. The Hall–Kier alpha value is -1.99. The molecule has 0 radical (unpaired) electrons. The van der Waals surface area contributed by atoms with Crippen LogP contribution in [-0.4, -0.2) is 63.5 Å². The number of hydrogen-bond donors (Lipinski definition) is 1. The lowest BCUT2D eigenvalue weighted by atomic mass is 9.77. The summed E-state index contributed by atoms with van der Waals surface area (Å²) in [5, 5.41) is 11.3. The first kappa shape index (κ1) is 16.5. The van der Waals surface area contributed by atoms with Crippen LogP contribution in [0.15, 0.2) is 37.1 Å². The van der Waals surface area contributed by atoms with E-state index in [9.17, 15) is 0 Å². The number of aromatic nitrogens is 4. The molecular weight excluding hydrogens is 316 g/mol. The Morgan fingerprint density at radius 1 is 1.12 bits per heavy atom. The van der Waals surface area contributed by atoms with Crippen LogP contribution in [0.4, 0.5) is 5.82 Å². The number of pyridine rings is 1. The second kappa shape index (κ2) is 7.49. The summed E-state index contributed by atoms with van der Waals surface area (Å²) in [5.41, 5.74) is 0. The van der Waals surface area contributed by atoms with E-state index in [1.807, 2.05) is 36.1 Å². The van der Waals surface area contributed by atoms with E-state index in [4.69, 9.17) is 4.74 Å². The fourth-order valence-electron chi connectivity index (χ4n) is 4.34. The number of nitrogens with zero attached hydrogens (tertiary/aromatic N) is 5. The fourth-order valence-corrected chi connectivity index (χ4v) is 4.34. The molecule has 2 aliphatic rings. The summed E-state index contributed by atoms with van der Waals surface area (Å²) in [5.74, 6) is 2.40. The van der Waals surface area contributed by atoms with Gasteiger partial charge in [0.2, 0.25) is 0 Å². The van der Waals surface area contributed by atoms with Crippen molar-refractivity contribution in [2.75, 3.05) is 32.1 Å². The minimum absolute atomic E-state index is 0.251. The number of rotatable bonds is 6. The second-order valence-corrected chi connectivity index (χ2v) is 7.19. The van der Waals surface area contributed by atoms with Crippen molar-refractivity contribution in [1.82, 2.24) is 24.6 Å². The molecule has 1 aliphatic carbocycles. The Labute approximate surface area is 148 Å². The zero-order chi connectivity index (χ0) is 17.1. The quantitative estimate of drug-likeness (QED) is 0.858. The van der Waals surface area contributed by atoms with Crippen LogP contribution in [0.25, 0.3) is 0 Å². The van der Waals surface area contributed by atoms with Gasteiger partial charge in [-0.05, 0) is 36.8 Å². The maximum atomic E-state index is 5.81. The zero-order valence-corrected chi connectivity index (χ0v) is 14.7. The van der Waals surface area contributed by atoms with Crippen LogP contribution in [0, 0.1) is 11.8 Å². The first-order valence-electron chi connectivity index (χ1n) is 9.07. The Morgan fingerprint density at radius 2 is 1.92 bits per heavy atom. The summed E-state index contributed by atoms with van der Waals surface area (Å²) in [7, 11) is 1.83. The molecule has 2 aromatic heterocycles. The van der Waals surface area contributed by atoms with Crippen LogP contribution in [0.5, 0.6) is 0 Å². The molecule has 0 aromatic carbocycles. The van der Waals surface area contributed by atoms with Crippen LogP contribution in [-0.2, 0) is 11.3 Å². The molecule has 0 bridgehead atoms. The molecule has 134 valence electrons. The normalized spacial score (nSPS) is 29.5. The monoisotopic (exact) mass is 342 g/mol. The van der Waals surface area contributed by atoms with Gasteiger partial charge in [-0.1, -0.05) is 6.07 Å². The molecule has 4 rings (SSSR count). The molecule has 2 aromatic rings. The SMILES string of the molecule is CO[C@@H]1C[C@H]2CN(CCn3cnnc3)C[C@H]2C[C@H]1Nc1ccccn1. The van der Waals surface area contributed by atoms with E-state index >= 15 is 0 Å². The number of anilines is 1. The molecule has 7 heteroatoms. The van der Waals surface area contributed by atoms with Gasteiger partial charge < -0.3 is 19.5 Å². The summed E-state index contributed by atoms with van der Waals surface area (Å²) in [6, 6.07) is 6.32. The standard InChI is InChI=1S/C18H26N6O/c1-25-17-9-15-11-23(6-7-24-12-20-21-13-24)10-14(15)8-16(17)22-18-4-2-3-5-19-18/h2-5,12-17H,6-11H2,1H3,(H,19,22)/t14-,15+,16-,17-/m1/s1. The molecule has 4 atom stereocenters. The van der Waals surface area contributed by atoms with Crippen molar-refractivity contribution in [3.05, 3.63) is 37.1 Å². The third-order valence-electron chi connectivity index (χ3n) is 5.63. The van der Waals surface area contributed by atoms with Crippen LogP contribution in [0.1, 0.15) is 12.8 Å². The zero-order valence-electron chi connectivity index (χ0n) is 14.7. The highest BCUT2D eigenvalue weighted by Crippen LogP contribution is 2.38. The smallest absolute Gasteiger partial charge is 0.126 e. The van der Waals surface area contributed by atoms with Crippen molar-refractivity contribution >= 4 is 5.82 Å². The first-order chi connectivity index (χ1) is 12.3. The lowest BCUT2D eigenvalue weighted by Gasteiger charge is -2.37. The number of ether oxygens (including phenoxy) is 1. The second-order valence-electron chi connectivity index (χ2n) is 7.19. The summed E-state index contributed by atoms with van der Waals surface area (Å²) in [6.07, 6.45) is 7.92. The molecule has 2 fully saturated rings. The maximum Gasteiger partial charge on any atom is 0.126 e. The Kier molecular flexibility index (Phi) is 4.94. The first-order valence-corrected chi connectivity index (χ1v) is 9.07. The highest BCUT2D eigenvalue weighted by Gasteiger charge is 2.42. The van der Waals surface area contributed by atoms with E-state index in [1.165, 1.54) is 13.1 Å². The van der Waals surface area contributed by atoms with Gasteiger partial charge in [-0.15, -0.1) is 10.2 Å². The van der Waals surface area contributed by atoms with Crippen molar-refractivity contribution in [2.24, 2.45) is 11.8 Å². The van der Waals surface area contributed by atoms with E-state index in [0.717, 1.165) is 43.6 Å². The molecular formula is C18H26N6O. The highest BCUT2D eigenvalue weighted by molar-refractivity contribution is 5.35. The molecule has 0 spiro atoms. The summed E-state index contributed by atoms with van der Waals surface area (Å²) in [6.45, 7) is 4.35. The van der Waals surface area contributed by atoms with E-state index < -0.39 is 0 Å². The summed E-state index contributed by atoms with van der Waals surface area (Å²) in [4.78, 5) is 6.98. The fraction of sp³-hybridized carbons (Fsp3) is 0.611. The highest BCUT2D eigenvalue weighted by atomic mass is 16.5. The van der Waals surface area contributed by atoms with Crippen LogP contribution >= 0.6 is 0 Å². The number of likely N-dealkylation sites (tertiary alicyclic amines) is 1. The number of methoxy groups -OCH3 is 1. The molecule has 1 saturated carbocycles. The van der Waals surface area contributed by atoms with E-state index in [2.05, 4.69) is 25.4 Å². The molecule has 1 aliphatic heterocycles. The predicted molar refractivity (Wildman–Crippen MR) is 95.1 cm³/mol. The van der Waals surface area contributed by atoms with E-state index in [1.54, 1.807) is 12.7 Å². The van der Waals surface area contributed by atoms with Crippen molar-refractivity contribution in [3.63, 3.8) is 0 Å². The summed E-state index contributed by atoms with van der Waals surface area (Å²) < 4.78 is 7.86. The molecule has 1 saturated heterocycles. The third-order valence-corrected chi connectivity index (χ3v) is 5.63. The Balaban J connectivity index is 1.35. The van der Waals surface area contributed by atoms with Crippen molar-refractivity contribution < 1.29 is 4.74 Å². The van der Waals surface area contributed by atoms with Gasteiger partial charge in [-0.3, -0.25) is 0 Å². The van der Waals surface area contributed by atoms with E-state index in [-0.39, 0.29) is 6.10 Å². The molecule has 7 nitrogen and oxygen atoms in total. The largest absolute Gasteiger partial charge is 0.379 e. The maximum absolute atomic E-state index is 5.81. The average Bonchev–Trinajstić information content (AvgIpc) is 3.29.